The average Bonchev–Trinajstić information content (AvgIpc) is 2.67. The molecule has 3 N–H and O–H groups in total. The van der Waals surface area contributed by atoms with Crippen molar-refractivity contribution in [2.24, 2.45) is 5.10 Å². The first-order chi connectivity index (χ1) is 13.4. The number of hydrazone groups is 1. The molecule has 144 valence electrons. The summed E-state index contributed by atoms with van der Waals surface area (Å²) >= 11 is 0. The first-order valence-electron chi connectivity index (χ1n) is 8.50. The summed E-state index contributed by atoms with van der Waals surface area (Å²) in [6.07, 6.45) is 1.15. The second-order valence-electron chi connectivity index (χ2n) is 6.19. The molecule has 1 aromatic heterocycles. The van der Waals surface area contributed by atoms with Crippen molar-refractivity contribution < 1.29 is 9.84 Å². The molecule has 8 heteroatoms. The lowest BCUT2D eigenvalue weighted by Gasteiger charge is -2.13. The molecular weight excluding hydrogens is 360 g/mol. The molecule has 1 heterocycles. The van der Waals surface area contributed by atoms with Crippen molar-refractivity contribution in [1.29, 1.82) is 0 Å². The van der Waals surface area contributed by atoms with E-state index in [0.717, 1.165) is 21.9 Å². The van der Waals surface area contributed by atoms with Gasteiger partial charge in [0.1, 0.15) is 11.3 Å². The van der Waals surface area contributed by atoms with Gasteiger partial charge in [0.05, 0.1) is 24.7 Å². The van der Waals surface area contributed by atoms with E-state index >= 15 is 0 Å². The molecule has 0 spiro atoms. The van der Waals surface area contributed by atoms with E-state index in [1.165, 1.54) is 7.11 Å². The van der Waals surface area contributed by atoms with Gasteiger partial charge in [0, 0.05) is 0 Å². The fourth-order valence-corrected chi connectivity index (χ4v) is 2.74. The molecule has 0 atom stereocenters. The molecule has 8 nitrogen and oxygen atoms in total. The number of aromatic hydroxyl groups is 1. The van der Waals surface area contributed by atoms with Crippen LogP contribution in [0.3, 0.4) is 0 Å². The van der Waals surface area contributed by atoms with Crippen LogP contribution in [0.1, 0.15) is 16.7 Å². The lowest BCUT2D eigenvalue weighted by molar-refractivity contribution is 0.416. The molecule has 3 aromatic rings. The Bertz CT molecular complexity index is 1160. The third-order valence-corrected chi connectivity index (χ3v) is 4.21. The zero-order valence-electron chi connectivity index (χ0n) is 15.7. The summed E-state index contributed by atoms with van der Waals surface area (Å²) in [7, 11) is 1.53. The third-order valence-electron chi connectivity index (χ3n) is 4.21. The second-order valence-corrected chi connectivity index (χ2v) is 6.19. The highest BCUT2D eigenvalue weighted by Gasteiger charge is 2.15. The molecule has 28 heavy (non-hydrogen) atoms. The van der Waals surface area contributed by atoms with Crippen LogP contribution in [0.25, 0.3) is 5.69 Å². The van der Waals surface area contributed by atoms with Crippen molar-refractivity contribution in [2.75, 3.05) is 12.5 Å². The van der Waals surface area contributed by atoms with Crippen LogP contribution in [0, 0.1) is 13.8 Å². The third kappa shape index (κ3) is 3.66. The van der Waals surface area contributed by atoms with Crippen LogP contribution in [0.2, 0.25) is 0 Å². The Balaban J connectivity index is 2.04. The molecule has 0 radical (unpaired) electrons. The summed E-state index contributed by atoms with van der Waals surface area (Å²) in [5, 5.41) is 14.6. The zero-order chi connectivity index (χ0) is 20.3. The van der Waals surface area contributed by atoms with E-state index in [2.05, 4.69) is 15.5 Å². The Morgan fingerprint density at radius 3 is 2.68 bits per heavy atom. The molecule has 3 rings (SSSR count). The number of hydrogen-bond donors (Lipinski definition) is 3. The highest BCUT2D eigenvalue weighted by Crippen LogP contribution is 2.23. The van der Waals surface area contributed by atoms with E-state index in [9.17, 15) is 14.7 Å². The Kier molecular flexibility index (Phi) is 5.30. The van der Waals surface area contributed by atoms with Gasteiger partial charge in [-0.05, 0) is 43.2 Å². The van der Waals surface area contributed by atoms with E-state index in [0.29, 0.717) is 17.1 Å². The molecule has 0 saturated heterocycles. The standard InChI is InChI=1S/C20H20N4O4/c1-12-8-9-13(2)16(10-12)24-19(26)14(18(25)22-20(24)27)11-21-23-15-6-4-5-7-17(15)28-3/h4-11,23,26H,1-3H3,(H,22,25,27). The minimum Gasteiger partial charge on any atom is -0.495 e. The number of nitrogens with zero attached hydrogens (tertiary/aromatic N) is 2. The van der Waals surface area contributed by atoms with Gasteiger partial charge in [-0.1, -0.05) is 24.3 Å². The summed E-state index contributed by atoms with van der Waals surface area (Å²) in [5.74, 6) is 0.0752. The van der Waals surface area contributed by atoms with Crippen LogP contribution in [-0.4, -0.2) is 28.0 Å². The summed E-state index contributed by atoms with van der Waals surface area (Å²) in [5.41, 5.74) is 3.87. The monoisotopic (exact) mass is 380 g/mol. The van der Waals surface area contributed by atoms with Crippen LogP contribution in [0.5, 0.6) is 11.6 Å². The van der Waals surface area contributed by atoms with Gasteiger partial charge in [0.15, 0.2) is 0 Å². The minimum absolute atomic E-state index is 0.150. The Labute approximate surface area is 160 Å². The van der Waals surface area contributed by atoms with Gasteiger partial charge in [0.25, 0.3) is 5.56 Å². The number of rotatable bonds is 5. The molecular formula is C20H20N4O4. The van der Waals surface area contributed by atoms with Gasteiger partial charge in [0.2, 0.25) is 5.88 Å². The van der Waals surface area contributed by atoms with Crippen molar-refractivity contribution in [3.8, 4) is 17.3 Å². The number of aromatic amines is 1. The fourth-order valence-electron chi connectivity index (χ4n) is 2.74. The fraction of sp³-hybridized carbons (Fsp3) is 0.150. The first-order valence-corrected chi connectivity index (χ1v) is 8.50. The van der Waals surface area contributed by atoms with Crippen LogP contribution < -0.4 is 21.4 Å². The summed E-state index contributed by atoms with van der Waals surface area (Å²) in [6.45, 7) is 3.68. The molecule has 0 aliphatic heterocycles. The summed E-state index contributed by atoms with van der Waals surface area (Å²) in [4.78, 5) is 26.7. The predicted octanol–water partition coefficient (Wildman–Crippen LogP) is 2.30. The maximum absolute atomic E-state index is 12.3. The quantitative estimate of drug-likeness (QED) is 0.465. The number of methoxy groups -OCH3 is 1. The zero-order valence-corrected chi connectivity index (χ0v) is 15.7. The number of para-hydroxylation sites is 2. The highest BCUT2D eigenvalue weighted by atomic mass is 16.5. The molecule has 0 fully saturated rings. The predicted molar refractivity (Wildman–Crippen MR) is 108 cm³/mol. The van der Waals surface area contributed by atoms with Crippen molar-refractivity contribution >= 4 is 11.9 Å². The lowest BCUT2D eigenvalue weighted by Crippen LogP contribution is -2.31. The van der Waals surface area contributed by atoms with Gasteiger partial charge in [-0.2, -0.15) is 5.10 Å². The summed E-state index contributed by atoms with van der Waals surface area (Å²) < 4.78 is 6.26. The first kappa shape index (κ1) is 19.0. The van der Waals surface area contributed by atoms with Crippen LogP contribution >= 0.6 is 0 Å². The normalized spacial score (nSPS) is 11.0. The second kappa shape index (κ2) is 7.83. The molecule has 0 aliphatic carbocycles. The Morgan fingerprint density at radius 2 is 1.93 bits per heavy atom. The topological polar surface area (TPSA) is 109 Å². The maximum atomic E-state index is 12.3. The molecule has 0 amide bonds. The molecule has 0 aliphatic rings. The van der Waals surface area contributed by atoms with Gasteiger partial charge >= 0.3 is 5.69 Å². The molecule has 0 saturated carbocycles. The van der Waals surface area contributed by atoms with E-state index in [1.807, 2.05) is 32.0 Å². The number of nitrogens with one attached hydrogen (secondary N) is 2. The van der Waals surface area contributed by atoms with Crippen LogP contribution in [-0.2, 0) is 0 Å². The minimum atomic E-state index is -0.741. The highest BCUT2D eigenvalue weighted by molar-refractivity contribution is 5.83. The largest absolute Gasteiger partial charge is 0.495 e. The van der Waals surface area contributed by atoms with Crippen molar-refractivity contribution in [3.05, 3.63) is 80.0 Å². The van der Waals surface area contributed by atoms with E-state index in [4.69, 9.17) is 4.74 Å². The van der Waals surface area contributed by atoms with Gasteiger partial charge in [-0.3, -0.25) is 15.2 Å². The number of aryl methyl sites for hydroxylation is 2. The Morgan fingerprint density at radius 1 is 1.18 bits per heavy atom. The number of aromatic nitrogens is 2. The van der Waals surface area contributed by atoms with E-state index < -0.39 is 17.1 Å². The number of anilines is 1. The lowest BCUT2D eigenvalue weighted by atomic mass is 10.1. The average molecular weight is 380 g/mol. The number of benzene rings is 2. The summed E-state index contributed by atoms with van der Waals surface area (Å²) in [6, 6.07) is 12.6. The molecule has 0 bridgehead atoms. The molecule has 0 unspecified atom stereocenters. The number of H-pyrrole nitrogens is 1. The van der Waals surface area contributed by atoms with Gasteiger partial charge in [-0.15, -0.1) is 0 Å². The maximum Gasteiger partial charge on any atom is 0.335 e. The SMILES string of the molecule is COc1ccccc1NN=Cc1c(O)n(-c2cc(C)ccc2C)c(=O)[nH]c1=O. The smallest absolute Gasteiger partial charge is 0.335 e. The van der Waals surface area contributed by atoms with Crippen LogP contribution in [0.4, 0.5) is 5.69 Å². The van der Waals surface area contributed by atoms with Gasteiger partial charge < -0.3 is 9.84 Å². The van der Waals surface area contributed by atoms with E-state index in [-0.39, 0.29) is 5.56 Å². The Hall–Kier alpha value is -3.81. The van der Waals surface area contributed by atoms with Crippen molar-refractivity contribution in [1.82, 2.24) is 9.55 Å². The van der Waals surface area contributed by atoms with Crippen molar-refractivity contribution in [2.45, 2.75) is 13.8 Å². The van der Waals surface area contributed by atoms with E-state index in [1.54, 1.807) is 24.3 Å². The van der Waals surface area contributed by atoms with Crippen LogP contribution in [0.15, 0.2) is 57.2 Å². The van der Waals surface area contributed by atoms with Crippen molar-refractivity contribution in [3.63, 3.8) is 0 Å². The number of ether oxygens (including phenoxy) is 1. The molecule has 2 aromatic carbocycles. The number of hydrogen-bond acceptors (Lipinski definition) is 6. The van der Waals surface area contributed by atoms with Gasteiger partial charge in [-0.25, -0.2) is 9.36 Å².